The molecule has 0 aliphatic rings. The van der Waals surface area contributed by atoms with Crippen LogP contribution in [0.5, 0.6) is 11.5 Å². The molecule has 0 atom stereocenters. The molecule has 0 bridgehead atoms. The first-order valence-electron chi connectivity index (χ1n) is 8.21. The van der Waals surface area contributed by atoms with E-state index in [1.54, 1.807) is 0 Å². The lowest BCUT2D eigenvalue weighted by molar-refractivity contribution is -0.274. The van der Waals surface area contributed by atoms with Crippen LogP contribution in [0.3, 0.4) is 0 Å². The second-order valence-corrected chi connectivity index (χ2v) is 5.97. The number of carbonyl (C=O) groups excluding carboxylic acids is 1. The Morgan fingerprint density at radius 3 is 2.30 bits per heavy atom. The minimum Gasteiger partial charge on any atom is -0.506 e. The van der Waals surface area contributed by atoms with Gasteiger partial charge in [-0.2, -0.15) is 0 Å². The van der Waals surface area contributed by atoms with Gasteiger partial charge >= 0.3 is 18.0 Å². The van der Waals surface area contributed by atoms with Gasteiger partial charge < -0.3 is 24.7 Å². The molecule has 156 valence electrons. The van der Waals surface area contributed by atoms with Crippen LogP contribution in [0.25, 0.3) is 22.1 Å². The Balaban J connectivity index is 1.95. The van der Waals surface area contributed by atoms with Gasteiger partial charge in [-0.05, 0) is 35.4 Å². The van der Waals surface area contributed by atoms with Gasteiger partial charge in [-0.1, -0.05) is 18.2 Å². The maximum atomic E-state index is 12.2. The van der Waals surface area contributed by atoms with E-state index in [9.17, 15) is 32.7 Å². The summed E-state index contributed by atoms with van der Waals surface area (Å²) in [6, 6.07) is 9.11. The van der Waals surface area contributed by atoms with E-state index in [4.69, 9.17) is 9.52 Å². The predicted octanol–water partition coefficient (Wildman–Crippen LogP) is 2.88. The molecule has 3 rings (SSSR count). The molecule has 0 aliphatic heterocycles. The number of fused-ring (bicyclic) bond motifs is 1. The number of benzene rings is 2. The molecule has 8 nitrogen and oxygen atoms in total. The van der Waals surface area contributed by atoms with Crippen molar-refractivity contribution in [2.24, 2.45) is 0 Å². The summed E-state index contributed by atoms with van der Waals surface area (Å²) in [6.07, 6.45) is -4.82. The largest absolute Gasteiger partial charge is 0.573 e. The number of nitrogens with one attached hydrogen (secondary N) is 1. The highest BCUT2D eigenvalue weighted by atomic mass is 19.4. The molecule has 11 heteroatoms. The maximum Gasteiger partial charge on any atom is 0.573 e. The van der Waals surface area contributed by atoms with Crippen LogP contribution in [0.4, 0.5) is 13.2 Å². The predicted molar refractivity (Wildman–Crippen MR) is 96.2 cm³/mol. The Morgan fingerprint density at radius 1 is 1.07 bits per heavy atom. The number of hydrogen-bond donors (Lipinski definition) is 3. The van der Waals surface area contributed by atoms with Crippen LogP contribution in [0, 0.1) is 0 Å². The fourth-order valence-electron chi connectivity index (χ4n) is 2.66. The van der Waals surface area contributed by atoms with Crippen molar-refractivity contribution >= 4 is 22.8 Å². The molecule has 1 heterocycles. The minimum atomic E-state index is -4.82. The number of carboxylic acids is 1. The smallest absolute Gasteiger partial charge is 0.506 e. The zero-order valence-electron chi connectivity index (χ0n) is 14.8. The average molecular weight is 423 g/mol. The number of aliphatic carboxylic acids is 1. The standard InChI is InChI=1S/C19H12F3NO7/c20-19(21,22)30-11-4-1-9(2-5-11)10-3-6-12-13(7-10)29-18(28)15(16(12)26)17(27)23-8-14(24)25/h1-7,26H,8H2,(H,23,27)(H,24,25). The van der Waals surface area contributed by atoms with E-state index in [0.717, 1.165) is 12.1 Å². The number of halogens is 3. The Hall–Kier alpha value is -4.02. The van der Waals surface area contributed by atoms with Gasteiger partial charge in [0, 0.05) is 0 Å². The van der Waals surface area contributed by atoms with Crippen LogP contribution in [-0.2, 0) is 4.79 Å². The van der Waals surface area contributed by atoms with Crippen molar-refractivity contribution < 1.29 is 42.1 Å². The molecule has 0 spiro atoms. The lowest BCUT2D eigenvalue weighted by Gasteiger charge is -2.10. The third-order valence-electron chi connectivity index (χ3n) is 3.93. The van der Waals surface area contributed by atoms with Gasteiger partial charge in [0.1, 0.15) is 23.6 Å². The highest BCUT2D eigenvalue weighted by Gasteiger charge is 2.31. The summed E-state index contributed by atoms with van der Waals surface area (Å²) < 4.78 is 45.6. The maximum absolute atomic E-state index is 12.2. The summed E-state index contributed by atoms with van der Waals surface area (Å²) in [6.45, 7) is -0.761. The van der Waals surface area contributed by atoms with E-state index < -0.39 is 47.5 Å². The monoisotopic (exact) mass is 423 g/mol. The van der Waals surface area contributed by atoms with Gasteiger partial charge in [-0.3, -0.25) is 9.59 Å². The van der Waals surface area contributed by atoms with Crippen molar-refractivity contribution in [1.82, 2.24) is 5.32 Å². The van der Waals surface area contributed by atoms with Gasteiger partial charge in [0.2, 0.25) is 0 Å². The fraction of sp³-hybridized carbons (Fsp3) is 0.105. The number of aromatic hydroxyl groups is 1. The summed E-state index contributed by atoms with van der Waals surface area (Å²) >= 11 is 0. The van der Waals surface area contributed by atoms with Crippen LogP contribution < -0.4 is 15.7 Å². The molecule has 1 aromatic heterocycles. The lowest BCUT2D eigenvalue weighted by atomic mass is 10.0. The van der Waals surface area contributed by atoms with Crippen molar-refractivity contribution in [2.45, 2.75) is 6.36 Å². The molecule has 3 N–H and O–H groups in total. The first-order chi connectivity index (χ1) is 14.0. The second kappa shape index (κ2) is 7.78. The molecule has 3 aromatic rings. The molecule has 0 saturated carbocycles. The Kier molecular flexibility index (Phi) is 5.37. The van der Waals surface area contributed by atoms with Crippen LogP contribution in [0.1, 0.15) is 10.4 Å². The summed E-state index contributed by atoms with van der Waals surface area (Å²) in [7, 11) is 0. The van der Waals surface area contributed by atoms with Gasteiger partial charge in [-0.15, -0.1) is 13.2 Å². The lowest BCUT2D eigenvalue weighted by Crippen LogP contribution is -2.32. The molecule has 0 radical (unpaired) electrons. The fourth-order valence-corrected chi connectivity index (χ4v) is 2.66. The Morgan fingerprint density at radius 2 is 1.70 bits per heavy atom. The van der Waals surface area contributed by atoms with Crippen LogP contribution in [-0.4, -0.2) is 35.0 Å². The number of rotatable bonds is 5. The molecule has 0 fully saturated rings. The summed E-state index contributed by atoms with van der Waals surface area (Å²) in [5, 5.41) is 20.8. The SMILES string of the molecule is O=C(O)CNC(=O)c1c(O)c2ccc(-c3ccc(OC(F)(F)F)cc3)cc2oc1=O. The van der Waals surface area contributed by atoms with Gasteiger partial charge in [0.05, 0.1) is 5.39 Å². The number of hydrogen-bond acceptors (Lipinski definition) is 6. The van der Waals surface area contributed by atoms with E-state index >= 15 is 0 Å². The molecule has 30 heavy (non-hydrogen) atoms. The topological polar surface area (TPSA) is 126 Å². The van der Waals surface area contributed by atoms with Crippen molar-refractivity contribution in [3.05, 3.63) is 58.4 Å². The Bertz CT molecular complexity index is 1180. The summed E-state index contributed by atoms with van der Waals surface area (Å²) in [5.41, 5.74) is -1.09. The molecular weight excluding hydrogens is 411 g/mol. The highest BCUT2D eigenvalue weighted by Crippen LogP contribution is 2.31. The van der Waals surface area contributed by atoms with Crippen molar-refractivity contribution in [3.8, 4) is 22.6 Å². The van der Waals surface area contributed by atoms with E-state index in [1.807, 2.05) is 5.32 Å². The second-order valence-electron chi connectivity index (χ2n) is 5.97. The van der Waals surface area contributed by atoms with Gasteiger partial charge in [0.15, 0.2) is 5.56 Å². The number of alkyl halides is 3. The summed E-state index contributed by atoms with van der Waals surface area (Å²) in [4.78, 5) is 34.6. The quantitative estimate of drug-likeness (QED) is 0.539. The van der Waals surface area contributed by atoms with E-state index in [1.165, 1.54) is 30.3 Å². The molecule has 0 saturated heterocycles. The number of ether oxygens (including phenoxy) is 1. The van der Waals surface area contributed by atoms with Crippen molar-refractivity contribution in [2.75, 3.05) is 6.54 Å². The van der Waals surface area contributed by atoms with E-state index in [2.05, 4.69) is 4.74 Å². The average Bonchev–Trinajstić information content (AvgIpc) is 2.65. The van der Waals surface area contributed by atoms with E-state index in [0.29, 0.717) is 11.1 Å². The first kappa shape index (κ1) is 20.7. The van der Waals surface area contributed by atoms with E-state index in [-0.39, 0.29) is 11.0 Å². The molecule has 0 aliphatic carbocycles. The van der Waals surface area contributed by atoms with Crippen molar-refractivity contribution in [1.29, 1.82) is 0 Å². The third-order valence-corrected chi connectivity index (χ3v) is 3.93. The Labute approximate surface area is 165 Å². The first-order valence-corrected chi connectivity index (χ1v) is 8.21. The number of carbonyl (C=O) groups is 2. The molecule has 1 amide bonds. The highest BCUT2D eigenvalue weighted by molar-refractivity contribution is 6.02. The zero-order valence-corrected chi connectivity index (χ0v) is 14.8. The minimum absolute atomic E-state index is 0.0100. The third kappa shape index (κ3) is 4.51. The van der Waals surface area contributed by atoms with Crippen molar-refractivity contribution in [3.63, 3.8) is 0 Å². The van der Waals surface area contributed by atoms with Gasteiger partial charge in [0.25, 0.3) is 5.91 Å². The normalized spacial score (nSPS) is 11.3. The molecule has 0 unspecified atom stereocenters. The zero-order chi connectivity index (χ0) is 22.1. The van der Waals surface area contributed by atoms with Crippen LogP contribution >= 0.6 is 0 Å². The molecule has 2 aromatic carbocycles. The summed E-state index contributed by atoms with van der Waals surface area (Å²) in [5.74, 6) is -3.56. The van der Waals surface area contributed by atoms with Gasteiger partial charge in [-0.25, -0.2) is 4.79 Å². The molecular formula is C19H12F3NO7. The van der Waals surface area contributed by atoms with Crippen LogP contribution in [0.2, 0.25) is 0 Å². The number of amides is 1. The van der Waals surface area contributed by atoms with Crippen LogP contribution in [0.15, 0.2) is 51.7 Å². The number of carboxylic acid groups (broad SMARTS) is 1.